The molecule has 2 heterocycles. The summed E-state index contributed by atoms with van der Waals surface area (Å²) < 4.78 is 3.00. The van der Waals surface area contributed by atoms with E-state index in [1.807, 2.05) is 35.8 Å². The molecule has 1 atom stereocenters. The van der Waals surface area contributed by atoms with Crippen LogP contribution in [0.5, 0.6) is 0 Å². The zero-order valence-electron chi connectivity index (χ0n) is 11.6. The molecule has 0 radical (unpaired) electrons. The van der Waals surface area contributed by atoms with Gasteiger partial charge in [0.25, 0.3) is 0 Å². The first kappa shape index (κ1) is 14.1. The number of benzene rings is 1. The van der Waals surface area contributed by atoms with E-state index in [0.717, 1.165) is 21.1 Å². The Kier molecular flexibility index (Phi) is 3.71. The number of halogens is 1. The van der Waals surface area contributed by atoms with Gasteiger partial charge in [0.15, 0.2) is 0 Å². The molecule has 1 aromatic carbocycles. The highest BCUT2D eigenvalue weighted by molar-refractivity contribution is 9.10. The molecule has 2 N–H and O–H groups in total. The lowest BCUT2D eigenvalue weighted by Gasteiger charge is -2.12. The smallest absolute Gasteiger partial charge is 0.240 e. The van der Waals surface area contributed by atoms with E-state index in [9.17, 15) is 9.59 Å². The molecule has 0 bridgehead atoms. The third kappa shape index (κ3) is 2.68. The summed E-state index contributed by atoms with van der Waals surface area (Å²) in [6, 6.07) is 7.87. The van der Waals surface area contributed by atoms with Crippen LogP contribution in [0.15, 0.2) is 28.7 Å². The van der Waals surface area contributed by atoms with Crippen LogP contribution in [-0.2, 0) is 16.1 Å². The van der Waals surface area contributed by atoms with Crippen molar-refractivity contribution in [2.45, 2.75) is 25.9 Å². The maximum atomic E-state index is 12.2. The van der Waals surface area contributed by atoms with Crippen molar-refractivity contribution in [3.05, 3.63) is 34.4 Å². The van der Waals surface area contributed by atoms with Crippen molar-refractivity contribution >= 4 is 38.6 Å². The number of nitrogens with zero attached hydrogens (tertiary/aromatic N) is 1. The van der Waals surface area contributed by atoms with E-state index in [1.54, 1.807) is 0 Å². The molecule has 3 rings (SSSR count). The molecule has 0 saturated carbocycles. The first-order valence-corrected chi connectivity index (χ1v) is 7.65. The van der Waals surface area contributed by atoms with Crippen LogP contribution >= 0.6 is 15.9 Å². The van der Waals surface area contributed by atoms with E-state index in [2.05, 4.69) is 26.6 Å². The second-order valence-electron chi connectivity index (χ2n) is 5.28. The molecule has 2 amide bonds. The monoisotopic (exact) mass is 349 g/mol. The molecular formula is C15H16BrN3O2. The topological polar surface area (TPSA) is 63.1 Å². The summed E-state index contributed by atoms with van der Waals surface area (Å²) in [5, 5.41) is 6.71. The minimum Gasteiger partial charge on any atom is -0.354 e. The number of aromatic nitrogens is 1. The maximum absolute atomic E-state index is 12.2. The van der Waals surface area contributed by atoms with Crippen LogP contribution in [0.2, 0.25) is 0 Å². The second kappa shape index (κ2) is 5.52. The van der Waals surface area contributed by atoms with E-state index in [0.29, 0.717) is 13.0 Å². The van der Waals surface area contributed by atoms with Crippen LogP contribution in [-0.4, -0.2) is 29.0 Å². The highest BCUT2D eigenvalue weighted by atomic mass is 79.9. The van der Waals surface area contributed by atoms with Crippen LogP contribution in [0.4, 0.5) is 0 Å². The first-order chi connectivity index (χ1) is 10.1. The standard InChI is InChI=1S/C15H16BrN3O2/c1-9-15(16)11-4-2-3-5-12(11)19(9)8-14(21)18-10-6-13(20)17-7-10/h2-5,10H,6-8H2,1H3,(H,17,20)(H,18,21)/t10-/m0/s1. The largest absolute Gasteiger partial charge is 0.354 e. The highest BCUT2D eigenvalue weighted by Gasteiger charge is 2.23. The molecule has 6 heteroatoms. The Morgan fingerprint density at radius 1 is 1.48 bits per heavy atom. The Bertz CT molecular complexity index is 723. The van der Waals surface area contributed by atoms with Gasteiger partial charge < -0.3 is 15.2 Å². The van der Waals surface area contributed by atoms with Gasteiger partial charge in [0.1, 0.15) is 6.54 Å². The fourth-order valence-corrected chi connectivity index (χ4v) is 3.27. The van der Waals surface area contributed by atoms with Gasteiger partial charge >= 0.3 is 0 Å². The summed E-state index contributed by atoms with van der Waals surface area (Å²) in [5.41, 5.74) is 2.05. The summed E-state index contributed by atoms with van der Waals surface area (Å²) in [5.74, 6) is -0.0847. The van der Waals surface area contributed by atoms with Crippen LogP contribution < -0.4 is 10.6 Å². The molecule has 1 saturated heterocycles. The summed E-state index contributed by atoms with van der Waals surface area (Å²) in [7, 11) is 0. The quantitative estimate of drug-likeness (QED) is 0.886. The molecule has 1 aliphatic rings. The molecule has 1 fully saturated rings. The van der Waals surface area contributed by atoms with E-state index < -0.39 is 0 Å². The van der Waals surface area contributed by atoms with E-state index in [4.69, 9.17) is 0 Å². The number of nitrogens with one attached hydrogen (secondary N) is 2. The Hall–Kier alpha value is -1.82. The second-order valence-corrected chi connectivity index (χ2v) is 6.07. The van der Waals surface area contributed by atoms with Gasteiger partial charge in [-0.25, -0.2) is 0 Å². The molecule has 0 aliphatic carbocycles. The Morgan fingerprint density at radius 3 is 2.95 bits per heavy atom. The Balaban J connectivity index is 1.80. The van der Waals surface area contributed by atoms with Crippen LogP contribution in [0, 0.1) is 6.92 Å². The number of rotatable bonds is 3. The van der Waals surface area contributed by atoms with Crippen LogP contribution in [0.25, 0.3) is 10.9 Å². The Morgan fingerprint density at radius 2 is 2.24 bits per heavy atom. The average molecular weight is 350 g/mol. The van der Waals surface area contributed by atoms with Gasteiger partial charge in [-0.05, 0) is 28.9 Å². The normalized spacial score (nSPS) is 18.0. The lowest BCUT2D eigenvalue weighted by Crippen LogP contribution is -2.38. The molecule has 5 nitrogen and oxygen atoms in total. The van der Waals surface area contributed by atoms with Crippen LogP contribution in [0.1, 0.15) is 12.1 Å². The van der Waals surface area contributed by atoms with Gasteiger partial charge in [0.2, 0.25) is 11.8 Å². The average Bonchev–Trinajstić information content (AvgIpc) is 2.97. The van der Waals surface area contributed by atoms with Crippen molar-refractivity contribution in [2.24, 2.45) is 0 Å². The third-order valence-electron chi connectivity index (χ3n) is 3.80. The molecule has 1 aliphatic heterocycles. The fraction of sp³-hybridized carbons (Fsp3) is 0.333. The van der Waals surface area contributed by atoms with Gasteiger partial charge in [-0.1, -0.05) is 18.2 Å². The highest BCUT2D eigenvalue weighted by Crippen LogP contribution is 2.30. The zero-order valence-corrected chi connectivity index (χ0v) is 13.2. The number of carbonyl (C=O) groups excluding carboxylic acids is 2. The summed E-state index contributed by atoms with van der Waals surface area (Å²) in [6.45, 7) is 2.75. The minimum atomic E-state index is -0.101. The fourth-order valence-electron chi connectivity index (χ4n) is 2.72. The summed E-state index contributed by atoms with van der Waals surface area (Å²) >= 11 is 3.58. The van der Waals surface area contributed by atoms with E-state index in [1.165, 1.54) is 0 Å². The van der Waals surface area contributed by atoms with Crippen molar-refractivity contribution in [2.75, 3.05) is 6.54 Å². The van der Waals surface area contributed by atoms with Gasteiger partial charge in [0.05, 0.1) is 6.04 Å². The number of carbonyl (C=O) groups is 2. The molecule has 2 aromatic rings. The number of hydrogen-bond donors (Lipinski definition) is 2. The van der Waals surface area contributed by atoms with Gasteiger partial charge in [-0.3, -0.25) is 9.59 Å². The zero-order chi connectivity index (χ0) is 15.0. The predicted molar refractivity (Wildman–Crippen MR) is 83.9 cm³/mol. The van der Waals surface area contributed by atoms with E-state index in [-0.39, 0.29) is 24.4 Å². The molecule has 21 heavy (non-hydrogen) atoms. The van der Waals surface area contributed by atoms with Gasteiger partial charge in [-0.15, -0.1) is 0 Å². The number of fused-ring (bicyclic) bond motifs is 1. The lowest BCUT2D eigenvalue weighted by molar-refractivity contribution is -0.122. The van der Waals surface area contributed by atoms with Crippen molar-refractivity contribution < 1.29 is 9.59 Å². The van der Waals surface area contributed by atoms with Crippen molar-refractivity contribution in [3.8, 4) is 0 Å². The molecule has 0 spiro atoms. The number of amides is 2. The minimum absolute atomic E-state index is 0.00867. The third-order valence-corrected chi connectivity index (χ3v) is 4.80. The van der Waals surface area contributed by atoms with E-state index >= 15 is 0 Å². The van der Waals surface area contributed by atoms with Crippen molar-refractivity contribution in [3.63, 3.8) is 0 Å². The first-order valence-electron chi connectivity index (χ1n) is 6.85. The summed E-state index contributed by atoms with van der Waals surface area (Å²) in [6.07, 6.45) is 0.362. The molecule has 1 aromatic heterocycles. The van der Waals surface area contributed by atoms with Crippen LogP contribution in [0.3, 0.4) is 0 Å². The predicted octanol–water partition coefficient (Wildman–Crippen LogP) is 1.72. The molecule has 110 valence electrons. The SMILES string of the molecule is Cc1c(Br)c2ccccc2n1CC(=O)N[C@@H]1CNC(=O)C1. The number of hydrogen-bond acceptors (Lipinski definition) is 2. The summed E-state index contributed by atoms with van der Waals surface area (Å²) in [4.78, 5) is 23.3. The van der Waals surface area contributed by atoms with Gasteiger partial charge in [0, 0.05) is 34.0 Å². The van der Waals surface area contributed by atoms with Crippen molar-refractivity contribution in [1.82, 2.24) is 15.2 Å². The lowest BCUT2D eigenvalue weighted by atomic mass is 10.2. The Labute approximate surface area is 130 Å². The van der Waals surface area contributed by atoms with Crippen molar-refractivity contribution in [1.29, 1.82) is 0 Å². The maximum Gasteiger partial charge on any atom is 0.240 e. The molecule has 0 unspecified atom stereocenters. The number of para-hydroxylation sites is 1. The van der Waals surface area contributed by atoms with Gasteiger partial charge in [-0.2, -0.15) is 0 Å². The molecular weight excluding hydrogens is 334 g/mol.